The van der Waals surface area contributed by atoms with Crippen molar-refractivity contribution in [3.8, 4) is 11.3 Å². The lowest BCUT2D eigenvalue weighted by molar-refractivity contribution is 0.0910. The van der Waals surface area contributed by atoms with Gasteiger partial charge in [-0.15, -0.1) is 11.3 Å². The number of aromatic amines is 2. The fourth-order valence-electron chi connectivity index (χ4n) is 4.67. The first-order valence-corrected chi connectivity index (χ1v) is 11.2. The number of rotatable bonds is 3. The molecular formula is C24H24N4O2S. The topological polar surface area (TPSA) is 90.6 Å². The number of nitrogens with one attached hydrogen (secondary N) is 3. The van der Waals surface area contributed by atoms with Crippen molar-refractivity contribution in [3.05, 3.63) is 57.9 Å². The molecule has 0 bridgehead atoms. The number of amides is 1. The van der Waals surface area contributed by atoms with Gasteiger partial charge in [-0.2, -0.15) is 0 Å². The number of nitrogens with zero attached hydrogens (tertiary/aromatic N) is 1. The molecule has 6 nitrogen and oxygen atoms in total. The highest BCUT2D eigenvalue weighted by Gasteiger charge is 2.35. The first-order valence-electron chi connectivity index (χ1n) is 10.3. The Hall–Kier alpha value is -3.19. The maximum atomic E-state index is 13.0. The van der Waals surface area contributed by atoms with Gasteiger partial charge in [-0.25, -0.2) is 4.98 Å². The summed E-state index contributed by atoms with van der Waals surface area (Å²) in [6, 6.07) is 8.11. The Labute approximate surface area is 184 Å². The summed E-state index contributed by atoms with van der Waals surface area (Å²) >= 11 is 1.39. The van der Waals surface area contributed by atoms with Crippen LogP contribution in [0.4, 0.5) is 5.13 Å². The molecule has 4 aromatic rings. The van der Waals surface area contributed by atoms with Crippen LogP contribution in [0.3, 0.4) is 0 Å². The van der Waals surface area contributed by atoms with E-state index in [9.17, 15) is 9.59 Å². The summed E-state index contributed by atoms with van der Waals surface area (Å²) in [6.07, 6.45) is 1.25. The van der Waals surface area contributed by atoms with Gasteiger partial charge < -0.3 is 9.97 Å². The highest BCUT2D eigenvalue weighted by atomic mass is 32.1. The molecule has 1 amide bonds. The van der Waals surface area contributed by atoms with Crippen LogP contribution >= 0.6 is 11.3 Å². The van der Waals surface area contributed by atoms with E-state index in [-0.39, 0.29) is 17.1 Å². The van der Waals surface area contributed by atoms with E-state index in [1.165, 1.54) is 11.3 Å². The molecule has 0 unspecified atom stereocenters. The molecule has 0 spiro atoms. The van der Waals surface area contributed by atoms with E-state index < -0.39 is 0 Å². The van der Waals surface area contributed by atoms with Gasteiger partial charge in [0, 0.05) is 45.2 Å². The van der Waals surface area contributed by atoms with Crippen molar-refractivity contribution >= 4 is 39.1 Å². The van der Waals surface area contributed by atoms with Gasteiger partial charge in [0.2, 0.25) is 0 Å². The molecule has 0 fully saturated rings. The van der Waals surface area contributed by atoms with Crippen molar-refractivity contribution in [2.45, 2.75) is 40.5 Å². The minimum atomic E-state index is -0.269. The molecule has 0 aliphatic heterocycles. The minimum absolute atomic E-state index is 0.101. The first kappa shape index (κ1) is 19.8. The third kappa shape index (κ3) is 3.29. The van der Waals surface area contributed by atoms with Crippen LogP contribution in [-0.2, 0) is 6.42 Å². The van der Waals surface area contributed by atoms with Gasteiger partial charge in [-0.3, -0.25) is 14.9 Å². The molecule has 0 saturated heterocycles. The Morgan fingerprint density at radius 2 is 1.90 bits per heavy atom. The summed E-state index contributed by atoms with van der Waals surface area (Å²) in [6.45, 7) is 8.02. The largest absolute Gasteiger partial charge is 0.358 e. The second-order valence-corrected chi connectivity index (χ2v) is 9.94. The lowest BCUT2D eigenvalue weighted by Crippen LogP contribution is -2.26. The lowest BCUT2D eigenvalue weighted by atomic mass is 9.75. The van der Waals surface area contributed by atoms with E-state index in [2.05, 4.69) is 40.2 Å². The number of ketones is 1. The summed E-state index contributed by atoms with van der Waals surface area (Å²) in [7, 11) is 0. The van der Waals surface area contributed by atoms with E-state index in [0.29, 0.717) is 22.8 Å². The van der Waals surface area contributed by atoms with Gasteiger partial charge in [0.15, 0.2) is 10.9 Å². The van der Waals surface area contributed by atoms with Crippen molar-refractivity contribution in [2.75, 3.05) is 5.32 Å². The van der Waals surface area contributed by atoms with Crippen molar-refractivity contribution in [1.82, 2.24) is 15.0 Å². The number of hydrogen-bond donors (Lipinski definition) is 3. The number of aromatic nitrogens is 3. The molecule has 31 heavy (non-hydrogen) atoms. The smallest absolute Gasteiger partial charge is 0.274 e. The van der Waals surface area contributed by atoms with Crippen LogP contribution < -0.4 is 5.32 Å². The van der Waals surface area contributed by atoms with Gasteiger partial charge in [-0.05, 0) is 37.3 Å². The number of hydrogen-bond acceptors (Lipinski definition) is 4. The van der Waals surface area contributed by atoms with Crippen LogP contribution in [0, 0.1) is 19.3 Å². The third-order valence-corrected chi connectivity index (χ3v) is 6.76. The maximum Gasteiger partial charge on any atom is 0.274 e. The van der Waals surface area contributed by atoms with Crippen LogP contribution in [0.5, 0.6) is 0 Å². The zero-order valence-electron chi connectivity index (χ0n) is 18.0. The predicted molar refractivity (Wildman–Crippen MR) is 124 cm³/mol. The molecule has 5 rings (SSSR count). The van der Waals surface area contributed by atoms with Gasteiger partial charge in [0.25, 0.3) is 5.91 Å². The number of fused-ring (bicyclic) bond motifs is 2. The molecule has 1 aliphatic carbocycles. The molecule has 0 radical (unpaired) electrons. The molecule has 158 valence electrons. The number of para-hydroxylation sites is 1. The fourth-order valence-corrected chi connectivity index (χ4v) is 5.37. The van der Waals surface area contributed by atoms with Crippen molar-refractivity contribution in [1.29, 1.82) is 0 Å². The number of thiazole rings is 1. The Morgan fingerprint density at radius 3 is 2.71 bits per heavy atom. The maximum absolute atomic E-state index is 13.0. The summed E-state index contributed by atoms with van der Waals surface area (Å²) < 4.78 is 0. The highest BCUT2D eigenvalue weighted by molar-refractivity contribution is 7.14. The zero-order valence-corrected chi connectivity index (χ0v) is 18.8. The molecule has 3 N–H and O–H groups in total. The number of carbonyl (C=O) groups excluding carboxylic acids is 2. The number of Topliss-reactive ketones (excluding diaryl/α,β-unsaturated/α-hetero) is 1. The van der Waals surface area contributed by atoms with E-state index in [1.807, 2.05) is 37.4 Å². The molecule has 3 heterocycles. The standard InChI is InChI=1S/C24H24N4O2S/c1-12-19-16(9-24(3,4)10-18(19)29)26-21(12)22(30)28-23-27-17(11-31-23)20-13(2)25-15-8-6-5-7-14(15)20/h5-8,11,25-26H,9-10H2,1-4H3,(H,27,28,30). The van der Waals surface area contributed by atoms with Crippen LogP contribution in [-0.4, -0.2) is 26.6 Å². The number of benzene rings is 1. The highest BCUT2D eigenvalue weighted by Crippen LogP contribution is 2.37. The van der Waals surface area contributed by atoms with Gasteiger partial charge in [0.05, 0.1) is 5.69 Å². The quantitative estimate of drug-likeness (QED) is 0.391. The second kappa shape index (κ2) is 6.92. The SMILES string of the molecule is Cc1[nH]c2ccccc2c1-c1csc(NC(=O)c2[nH]c3c(c2C)C(=O)CC(C)(C)C3)n1. The van der Waals surface area contributed by atoms with Crippen molar-refractivity contribution in [3.63, 3.8) is 0 Å². The molecular weight excluding hydrogens is 408 g/mol. The monoisotopic (exact) mass is 432 g/mol. The van der Waals surface area contributed by atoms with E-state index in [4.69, 9.17) is 0 Å². The van der Waals surface area contributed by atoms with E-state index in [0.717, 1.165) is 45.5 Å². The van der Waals surface area contributed by atoms with Crippen molar-refractivity contribution < 1.29 is 9.59 Å². The Balaban J connectivity index is 1.44. The molecule has 0 atom stereocenters. The van der Waals surface area contributed by atoms with E-state index >= 15 is 0 Å². The lowest BCUT2D eigenvalue weighted by Gasteiger charge is -2.28. The van der Waals surface area contributed by atoms with Gasteiger partial charge in [0.1, 0.15) is 5.69 Å². The predicted octanol–water partition coefficient (Wildman–Crippen LogP) is 5.64. The minimum Gasteiger partial charge on any atom is -0.358 e. The summed E-state index contributed by atoms with van der Waals surface area (Å²) in [5, 5.41) is 6.50. The zero-order chi connectivity index (χ0) is 21.9. The first-order chi connectivity index (χ1) is 14.7. The van der Waals surface area contributed by atoms with Crippen LogP contribution in [0.25, 0.3) is 22.2 Å². The summed E-state index contributed by atoms with van der Waals surface area (Å²) in [4.78, 5) is 36.9. The molecule has 0 saturated carbocycles. The molecule has 3 aromatic heterocycles. The average Bonchev–Trinajstić information content (AvgIpc) is 3.35. The third-order valence-electron chi connectivity index (χ3n) is 6.00. The second-order valence-electron chi connectivity index (χ2n) is 9.08. The normalized spacial score (nSPS) is 15.3. The number of carbonyl (C=O) groups is 2. The summed E-state index contributed by atoms with van der Waals surface area (Å²) in [5.74, 6) is -0.167. The fraction of sp³-hybridized carbons (Fsp3) is 0.292. The Kier molecular flexibility index (Phi) is 4.41. The average molecular weight is 433 g/mol. The van der Waals surface area contributed by atoms with Gasteiger partial charge in [-0.1, -0.05) is 32.0 Å². The Bertz CT molecular complexity index is 1360. The van der Waals surface area contributed by atoms with E-state index in [1.54, 1.807) is 0 Å². The number of aryl methyl sites for hydroxylation is 1. The van der Waals surface area contributed by atoms with Crippen molar-refractivity contribution in [2.24, 2.45) is 5.41 Å². The van der Waals surface area contributed by atoms with Crippen LogP contribution in [0.1, 0.15) is 58.1 Å². The molecule has 1 aliphatic rings. The number of H-pyrrole nitrogens is 2. The van der Waals surface area contributed by atoms with Crippen LogP contribution in [0.2, 0.25) is 0 Å². The summed E-state index contributed by atoms with van der Waals surface area (Å²) in [5.41, 5.74) is 6.58. The number of anilines is 1. The Morgan fingerprint density at radius 1 is 1.13 bits per heavy atom. The molecule has 1 aromatic carbocycles. The van der Waals surface area contributed by atoms with Gasteiger partial charge >= 0.3 is 0 Å². The molecule has 7 heteroatoms. The van der Waals surface area contributed by atoms with Crippen LogP contribution in [0.15, 0.2) is 29.6 Å².